The van der Waals surface area contributed by atoms with E-state index in [9.17, 15) is 9.90 Å². The van der Waals surface area contributed by atoms with E-state index < -0.39 is 0 Å². The Morgan fingerprint density at radius 3 is 2.93 bits per heavy atom. The summed E-state index contributed by atoms with van der Waals surface area (Å²) in [4.78, 5) is 19.7. The molecule has 0 aromatic heterocycles. The van der Waals surface area contributed by atoms with Crippen molar-refractivity contribution in [3.05, 3.63) is 34.4 Å². The number of aliphatic imine (C=N–C) groups is 1. The van der Waals surface area contributed by atoms with Gasteiger partial charge in [-0.2, -0.15) is 0 Å². The van der Waals surface area contributed by atoms with E-state index >= 15 is 0 Å². The predicted molar refractivity (Wildman–Crippen MR) is 125 cm³/mol. The summed E-state index contributed by atoms with van der Waals surface area (Å²) in [6.07, 6.45) is 15.6. The van der Waals surface area contributed by atoms with E-state index in [0.717, 1.165) is 74.4 Å². The van der Waals surface area contributed by atoms with E-state index in [0.29, 0.717) is 11.8 Å². The molecule has 1 fully saturated rings. The number of thioether (sulfide) groups is 1. The predicted octanol–water partition coefficient (Wildman–Crippen LogP) is 5.36. The first-order chi connectivity index (χ1) is 14.2. The number of piperidine rings is 1. The van der Waals surface area contributed by atoms with Gasteiger partial charge in [0.25, 0.3) is 5.91 Å². The number of rotatable bonds is 7. The fraction of sp³-hybridized carbons (Fsp3) is 0.667. The van der Waals surface area contributed by atoms with Crippen LogP contribution in [0.3, 0.4) is 0 Å². The first-order valence-electron chi connectivity index (χ1n) is 11.3. The quantitative estimate of drug-likeness (QED) is 0.606. The van der Waals surface area contributed by atoms with Crippen LogP contribution in [0.4, 0.5) is 0 Å². The summed E-state index contributed by atoms with van der Waals surface area (Å²) in [6.45, 7) is 8.07. The minimum Gasteiger partial charge on any atom is -0.396 e. The van der Waals surface area contributed by atoms with Crippen molar-refractivity contribution >= 4 is 23.9 Å². The lowest BCUT2D eigenvalue weighted by Gasteiger charge is -2.33. The molecule has 2 aliphatic heterocycles. The zero-order chi connectivity index (χ0) is 21.1. The minimum atomic E-state index is 0.169. The van der Waals surface area contributed by atoms with Gasteiger partial charge in [-0.25, -0.2) is 0 Å². The van der Waals surface area contributed by atoms with Crippen molar-refractivity contribution in [1.29, 1.82) is 0 Å². The molecular weight excluding hydrogens is 380 g/mol. The summed E-state index contributed by atoms with van der Waals surface area (Å²) in [5.41, 5.74) is 2.30. The first-order valence-corrected chi connectivity index (χ1v) is 12.3. The van der Waals surface area contributed by atoms with Gasteiger partial charge in [0.05, 0.1) is 0 Å². The molecule has 3 rings (SSSR count). The summed E-state index contributed by atoms with van der Waals surface area (Å²) >= 11 is 1.72. The van der Waals surface area contributed by atoms with E-state index in [1.54, 1.807) is 11.8 Å². The number of aliphatic hydroxyl groups excluding tert-OH is 1. The van der Waals surface area contributed by atoms with Crippen molar-refractivity contribution < 1.29 is 9.90 Å². The standard InChI is InChI=1S/C22H32N2O2S.C2H6/c1-17-6-8-18(9-7-17)11-15-27-21-20(5-2-12-23-21)22(26)24-13-3-4-19(16-24)10-14-25;1-2/h6,8-9,12,17,19,25H,2-5,7,10-11,13-16H2,1H3;1-2H3. The van der Waals surface area contributed by atoms with E-state index in [1.807, 2.05) is 25.0 Å². The molecule has 1 N–H and O–H groups in total. The van der Waals surface area contributed by atoms with E-state index in [1.165, 1.54) is 5.57 Å². The maximum Gasteiger partial charge on any atom is 0.252 e. The molecule has 0 saturated carbocycles. The van der Waals surface area contributed by atoms with Gasteiger partial charge in [-0.05, 0) is 56.8 Å². The fourth-order valence-electron chi connectivity index (χ4n) is 3.95. The number of nitrogens with zero attached hydrogens (tertiary/aromatic N) is 2. The summed E-state index contributed by atoms with van der Waals surface area (Å²) in [7, 11) is 0. The van der Waals surface area contributed by atoms with Gasteiger partial charge in [0.2, 0.25) is 0 Å². The lowest BCUT2D eigenvalue weighted by Crippen LogP contribution is -2.41. The molecule has 162 valence electrons. The second-order valence-electron chi connectivity index (χ2n) is 7.86. The van der Waals surface area contributed by atoms with Gasteiger partial charge in [-0.15, -0.1) is 11.8 Å². The second-order valence-corrected chi connectivity index (χ2v) is 8.94. The number of carbonyl (C=O) groups is 1. The Morgan fingerprint density at radius 2 is 2.21 bits per heavy atom. The number of carbonyl (C=O) groups excluding carboxylic acids is 1. The van der Waals surface area contributed by atoms with Crippen molar-refractivity contribution in [2.75, 3.05) is 25.4 Å². The Labute approximate surface area is 181 Å². The van der Waals surface area contributed by atoms with Crippen LogP contribution in [0.15, 0.2) is 39.4 Å². The third-order valence-corrected chi connectivity index (χ3v) is 6.65. The SMILES string of the molecule is CC.CC1C=CC(CCSC2=C(C(=O)N3CCCC(CCO)C3)CCC=N2)=CC1. The highest BCUT2D eigenvalue weighted by molar-refractivity contribution is 8.03. The third kappa shape index (κ3) is 7.45. The number of hydrogen-bond acceptors (Lipinski definition) is 4. The molecule has 1 amide bonds. The highest BCUT2D eigenvalue weighted by atomic mass is 32.2. The lowest BCUT2D eigenvalue weighted by atomic mass is 9.94. The van der Waals surface area contributed by atoms with Crippen LogP contribution in [0.2, 0.25) is 0 Å². The average molecular weight is 419 g/mol. The van der Waals surface area contributed by atoms with Gasteiger partial charge < -0.3 is 10.0 Å². The van der Waals surface area contributed by atoms with Gasteiger partial charge >= 0.3 is 0 Å². The van der Waals surface area contributed by atoms with Crippen LogP contribution >= 0.6 is 11.8 Å². The maximum atomic E-state index is 13.1. The molecule has 0 bridgehead atoms. The van der Waals surface area contributed by atoms with E-state index in [4.69, 9.17) is 0 Å². The molecule has 1 aliphatic carbocycles. The van der Waals surface area contributed by atoms with Crippen LogP contribution in [0.25, 0.3) is 0 Å². The molecule has 5 heteroatoms. The normalized spacial score (nSPS) is 24.1. The lowest BCUT2D eigenvalue weighted by molar-refractivity contribution is -0.129. The Hall–Kier alpha value is -1.33. The van der Waals surface area contributed by atoms with Crippen LogP contribution in [0.1, 0.15) is 65.7 Å². The smallest absolute Gasteiger partial charge is 0.252 e. The van der Waals surface area contributed by atoms with Crippen molar-refractivity contribution in [2.24, 2.45) is 16.8 Å². The Kier molecular flexibility index (Phi) is 10.8. The van der Waals surface area contributed by atoms with Crippen LogP contribution in [0.5, 0.6) is 0 Å². The molecule has 29 heavy (non-hydrogen) atoms. The molecule has 0 aromatic carbocycles. The van der Waals surface area contributed by atoms with Crippen molar-refractivity contribution in [3.63, 3.8) is 0 Å². The molecule has 0 radical (unpaired) electrons. The number of amides is 1. The Morgan fingerprint density at radius 1 is 1.38 bits per heavy atom. The highest BCUT2D eigenvalue weighted by Crippen LogP contribution is 2.31. The average Bonchev–Trinajstić information content (AvgIpc) is 2.77. The second kappa shape index (κ2) is 13.1. The fourth-order valence-corrected chi connectivity index (χ4v) is 4.99. The van der Waals surface area contributed by atoms with Gasteiger partial charge in [-0.3, -0.25) is 9.79 Å². The molecule has 2 atom stereocenters. The molecule has 2 unspecified atom stereocenters. The topological polar surface area (TPSA) is 52.9 Å². The number of allylic oxidation sites excluding steroid dienone is 4. The number of aliphatic hydroxyl groups is 1. The zero-order valence-corrected chi connectivity index (χ0v) is 19.2. The van der Waals surface area contributed by atoms with Crippen LogP contribution in [-0.4, -0.2) is 47.6 Å². The first kappa shape index (κ1) is 23.9. The Balaban J connectivity index is 0.00000145. The summed E-state index contributed by atoms with van der Waals surface area (Å²) < 4.78 is 0. The largest absolute Gasteiger partial charge is 0.396 e. The van der Waals surface area contributed by atoms with Gasteiger partial charge in [-0.1, -0.05) is 44.6 Å². The summed E-state index contributed by atoms with van der Waals surface area (Å²) in [5.74, 6) is 2.21. The monoisotopic (exact) mass is 418 g/mol. The molecule has 3 aliphatic rings. The molecule has 0 aromatic rings. The Bertz CT molecular complexity index is 649. The zero-order valence-electron chi connectivity index (χ0n) is 18.4. The van der Waals surface area contributed by atoms with Crippen molar-refractivity contribution in [2.45, 2.75) is 65.7 Å². The van der Waals surface area contributed by atoms with Crippen molar-refractivity contribution in [1.82, 2.24) is 4.90 Å². The third-order valence-electron chi connectivity index (χ3n) is 5.61. The number of hydrogen-bond donors (Lipinski definition) is 1. The van der Waals surface area contributed by atoms with Gasteiger partial charge in [0, 0.05) is 37.2 Å². The number of likely N-dealkylation sites (tertiary alicyclic amines) is 1. The molecular formula is C24H38N2O2S. The van der Waals surface area contributed by atoms with Crippen LogP contribution < -0.4 is 0 Å². The van der Waals surface area contributed by atoms with Gasteiger partial charge in [0.1, 0.15) is 5.03 Å². The molecule has 4 nitrogen and oxygen atoms in total. The van der Waals surface area contributed by atoms with E-state index in [-0.39, 0.29) is 12.5 Å². The maximum absolute atomic E-state index is 13.1. The summed E-state index contributed by atoms with van der Waals surface area (Å²) in [5, 5.41) is 10.1. The minimum absolute atomic E-state index is 0.169. The molecule has 0 spiro atoms. The van der Waals surface area contributed by atoms with Gasteiger partial charge in [0.15, 0.2) is 0 Å². The highest BCUT2D eigenvalue weighted by Gasteiger charge is 2.27. The van der Waals surface area contributed by atoms with E-state index in [2.05, 4.69) is 30.1 Å². The van der Waals surface area contributed by atoms with Crippen LogP contribution in [0, 0.1) is 11.8 Å². The summed E-state index contributed by atoms with van der Waals surface area (Å²) in [6, 6.07) is 0. The molecule has 1 saturated heterocycles. The molecule has 2 heterocycles. The van der Waals surface area contributed by atoms with Crippen LogP contribution in [-0.2, 0) is 4.79 Å². The van der Waals surface area contributed by atoms with Crippen molar-refractivity contribution in [3.8, 4) is 0 Å².